The lowest BCUT2D eigenvalue weighted by Gasteiger charge is -2.28. The number of oxazole rings is 1. The monoisotopic (exact) mass is 550 g/mol. The van der Waals surface area contributed by atoms with Gasteiger partial charge >= 0.3 is 0 Å². The van der Waals surface area contributed by atoms with Gasteiger partial charge in [0.15, 0.2) is 5.58 Å². The fourth-order valence-corrected chi connectivity index (χ4v) is 4.94. The highest BCUT2D eigenvalue weighted by Gasteiger charge is 2.44. The number of carbonyl (C=O) groups excluding carboxylic acids is 3. The lowest BCUT2D eigenvalue weighted by atomic mass is 10.1. The number of rotatable bonds is 7. The Morgan fingerprint density at radius 3 is 2.45 bits per heavy atom. The zero-order chi connectivity index (χ0) is 27.6. The molecule has 6 rings (SSSR count). The second-order valence-electron chi connectivity index (χ2n) is 9.51. The Kier molecular flexibility index (Phi) is 6.84. The summed E-state index contributed by atoms with van der Waals surface area (Å²) in [5.74, 6) is -0.654. The molecular formula is C31H23ClN4O4. The van der Waals surface area contributed by atoms with Crippen molar-refractivity contribution in [1.29, 1.82) is 0 Å². The van der Waals surface area contributed by atoms with Crippen molar-refractivity contribution in [2.24, 2.45) is 0 Å². The number of hydrogen-bond donors (Lipinski definition) is 0. The number of benzene rings is 3. The van der Waals surface area contributed by atoms with Gasteiger partial charge in [-0.3, -0.25) is 19.4 Å². The maximum atomic E-state index is 13.7. The largest absolute Gasteiger partial charge is 0.436 e. The van der Waals surface area contributed by atoms with Crippen molar-refractivity contribution in [3.05, 3.63) is 113 Å². The van der Waals surface area contributed by atoms with Crippen molar-refractivity contribution in [3.63, 3.8) is 0 Å². The van der Waals surface area contributed by atoms with E-state index in [0.717, 1.165) is 21.5 Å². The molecule has 1 unspecified atom stereocenters. The second kappa shape index (κ2) is 10.7. The van der Waals surface area contributed by atoms with E-state index >= 15 is 0 Å². The maximum Gasteiger partial charge on any atom is 0.257 e. The molecule has 9 heteroatoms. The van der Waals surface area contributed by atoms with E-state index in [0.29, 0.717) is 27.7 Å². The van der Waals surface area contributed by atoms with Crippen LogP contribution in [0.25, 0.3) is 22.6 Å². The highest BCUT2D eigenvalue weighted by Crippen LogP contribution is 2.30. The number of para-hydroxylation sites is 2. The first-order chi connectivity index (χ1) is 19.5. The van der Waals surface area contributed by atoms with Gasteiger partial charge in [-0.1, -0.05) is 41.9 Å². The van der Waals surface area contributed by atoms with Crippen LogP contribution in [0.5, 0.6) is 0 Å². The van der Waals surface area contributed by atoms with Gasteiger partial charge in [-0.25, -0.2) is 9.88 Å². The number of anilines is 1. The van der Waals surface area contributed by atoms with E-state index in [1.165, 1.54) is 4.90 Å². The second-order valence-corrected chi connectivity index (χ2v) is 9.94. The first-order valence-corrected chi connectivity index (χ1v) is 13.1. The molecule has 2 aromatic heterocycles. The third-order valence-electron chi connectivity index (χ3n) is 6.83. The van der Waals surface area contributed by atoms with Gasteiger partial charge < -0.3 is 9.32 Å². The number of hydrogen-bond acceptors (Lipinski definition) is 6. The average Bonchev–Trinajstić information content (AvgIpc) is 3.54. The Hall–Kier alpha value is -4.82. The van der Waals surface area contributed by atoms with Crippen LogP contribution in [0.1, 0.15) is 17.5 Å². The predicted molar refractivity (Wildman–Crippen MR) is 150 cm³/mol. The normalized spacial score (nSPS) is 15.1. The third-order valence-corrected chi connectivity index (χ3v) is 7.08. The van der Waals surface area contributed by atoms with Crippen molar-refractivity contribution in [3.8, 4) is 11.5 Å². The van der Waals surface area contributed by atoms with E-state index in [1.54, 1.807) is 67.0 Å². The van der Waals surface area contributed by atoms with E-state index in [1.807, 2.05) is 30.3 Å². The SMILES string of the molecule is O=C1CC(N(Cc2cccnc2)C(=O)Cc2ccc(Cl)cc2)C(=O)N1c1ccc(-c2nc3ccccc3o2)cc1. The van der Waals surface area contributed by atoms with Crippen LogP contribution in [0.4, 0.5) is 5.69 Å². The minimum Gasteiger partial charge on any atom is -0.436 e. The number of halogens is 1. The lowest BCUT2D eigenvalue weighted by molar-refractivity contribution is -0.138. The standard InChI is InChI=1S/C31H23ClN4O4/c32-23-11-7-20(8-12-23)16-28(37)35(19-21-4-3-15-33-18-21)26-17-29(38)36(31(26)39)24-13-9-22(10-14-24)30-34-25-5-1-2-6-27(25)40-30/h1-15,18,26H,16-17,19H2. The molecule has 1 aliphatic rings. The summed E-state index contributed by atoms with van der Waals surface area (Å²) in [6.07, 6.45) is 3.24. The Morgan fingerprint density at radius 2 is 1.73 bits per heavy atom. The van der Waals surface area contributed by atoms with Crippen LogP contribution < -0.4 is 4.90 Å². The summed E-state index contributed by atoms with van der Waals surface area (Å²) in [5.41, 5.74) is 4.07. The molecule has 1 fully saturated rings. The summed E-state index contributed by atoms with van der Waals surface area (Å²) in [5, 5.41) is 0.567. The van der Waals surface area contributed by atoms with Gasteiger partial charge in [-0.2, -0.15) is 0 Å². The molecular weight excluding hydrogens is 528 g/mol. The summed E-state index contributed by atoms with van der Waals surface area (Å²) in [4.78, 5) is 51.6. The van der Waals surface area contributed by atoms with Crippen molar-refractivity contribution >= 4 is 46.1 Å². The molecule has 1 atom stereocenters. The smallest absolute Gasteiger partial charge is 0.257 e. The van der Waals surface area contributed by atoms with E-state index in [2.05, 4.69) is 9.97 Å². The minimum absolute atomic E-state index is 0.0641. The van der Waals surface area contributed by atoms with Crippen molar-refractivity contribution in [2.45, 2.75) is 25.4 Å². The summed E-state index contributed by atoms with van der Waals surface area (Å²) >= 11 is 6.00. The Morgan fingerprint density at radius 1 is 0.950 bits per heavy atom. The van der Waals surface area contributed by atoms with Crippen molar-refractivity contribution in [1.82, 2.24) is 14.9 Å². The molecule has 40 heavy (non-hydrogen) atoms. The van der Waals surface area contributed by atoms with Crippen LogP contribution in [0, 0.1) is 0 Å². The molecule has 3 aromatic carbocycles. The molecule has 0 aliphatic carbocycles. The molecule has 1 aliphatic heterocycles. The number of pyridine rings is 1. The molecule has 8 nitrogen and oxygen atoms in total. The number of fused-ring (bicyclic) bond motifs is 1. The predicted octanol–water partition coefficient (Wildman–Crippen LogP) is 5.45. The van der Waals surface area contributed by atoms with Crippen molar-refractivity contribution in [2.75, 3.05) is 4.90 Å². The van der Waals surface area contributed by atoms with Crippen molar-refractivity contribution < 1.29 is 18.8 Å². The van der Waals surface area contributed by atoms with Crippen LogP contribution in [0.15, 0.2) is 102 Å². The molecule has 198 valence electrons. The summed E-state index contributed by atoms with van der Waals surface area (Å²) in [7, 11) is 0. The highest BCUT2D eigenvalue weighted by molar-refractivity contribution is 6.30. The fraction of sp³-hybridized carbons (Fsp3) is 0.129. The van der Waals surface area contributed by atoms with E-state index in [9.17, 15) is 14.4 Å². The van der Waals surface area contributed by atoms with Crippen LogP contribution in [-0.4, -0.2) is 38.6 Å². The van der Waals surface area contributed by atoms with Gasteiger partial charge in [-0.05, 0) is 65.7 Å². The first kappa shape index (κ1) is 25.5. The molecule has 0 radical (unpaired) electrons. The fourth-order valence-electron chi connectivity index (χ4n) is 4.82. The maximum absolute atomic E-state index is 13.7. The zero-order valence-corrected chi connectivity index (χ0v) is 22.0. The average molecular weight is 551 g/mol. The van der Waals surface area contributed by atoms with Gasteiger partial charge in [0.25, 0.3) is 5.91 Å². The van der Waals surface area contributed by atoms with Crippen LogP contribution in [0.2, 0.25) is 5.02 Å². The molecule has 3 heterocycles. The van der Waals surface area contributed by atoms with Crippen LogP contribution in [-0.2, 0) is 27.3 Å². The van der Waals surface area contributed by atoms with Gasteiger partial charge in [-0.15, -0.1) is 0 Å². The molecule has 0 bridgehead atoms. The number of carbonyl (C=O) groups is 3. The van der Waals surface area contributed by atoms with E-state index < -0.39 is 11.9 Å². The zero-order valence-electron chi connectivity index (χ0n) is 21.2. The Bertz CT molecular complexity index is 1670. The van der Waals surface area contributed by atoms with Gasteiger partial charge in [0, 0.05) is 29.5 Å². The van der Waals surface area contributed by atoms with Gasteiger partial charge in [0.1, 0.15) is 11.6 Å². The van der Waals surface area contributed by atoms with Gasteiger partial charge in [0.05, 0.1) is 18.5 Å². The topological polar surface area (TPSA) is 96.6 Å². The minimum atomic E-state index is -0.941. The molecule has 0 saturated carbocycles. The summed E-state index contributed by atoms with van der Waals surface area (Å²) in [6, 6.07) is 24.0. The number of amides is 3. The van der Waals surface area contributed by atoms with Crippen LogP contribution >= 0.6 is 11.6 Å². The summed E-state index contributed by atoms with van der Waals surface area (Å²) in [6.45, 7) is 0.147. The quantitative estimate of drug-likeness (QED) is 0.250. The number of nitrogens with zero attached hydrogens (tertiary/aromatic N) is 4. The molecule has 3 amide bonds. The lowest BCUT2D eigenvalue weighted by Crippen LogP contribution is -2.45. The summed E-state index contributed by atoms with van der Waals surface area (Å²) < 4.78 is 5.83. The highest BCUT2D eigenvalue weighted by atomic mass is 35.5. The van der Waals surface area contributed by atoms with Gasteiger partial charge in [0.2, 0.25) is 17.7 Å². The first-order valence-electron chi connectivity index (χ1n) is 12.7. The Labute approximate surface area is 234 Å². The van der Waals surface area contributed by atoms with E-state index in [4.69, 9.17) is 16.0 Å². The Balaban J connectivity index is 1.25. The molecule has 1 saturated heterocycles. The third kappa shape index (κ3) is 5.09. The molecule has 5 aromatic rings. The molecule has 0 N–H and O–H groups in total. The van der Waals surface area contributed by atoms with Crippen LogP contribution in [0.3, 0.4) is 0 Å². The molecule has 0 spiro atoms. The van der Waals surface area contributed by atoms with E-state index in [-0.39, 0.29) is 31.2 Å². The number of aromatic nitrogens is 2. The number of imide groups is 1.